The summed E-state index contributed by atoms with van der Waals surface area (Å²) >= 11 is 0. The monoisotopic (exact) mass is 384 g/mol. The lowest BCUT2D eigenvalue weighted by molar-refractivity contribution is -0.960. The third kappa shape index (κ3) is 4.22. The van der Waals surface area contributed by atoms with Crippen molar-refractivity contribution in [3.8, 4) is 0 Å². The van der Waals surface area contributed by atoms with Crippen molar-refractivity contribution in [2.24, 2.45) is 0 Å². The second-order valence-electron chi connectivity index (χ2n) is 7.13. The Balaban J connectivity index is 1.73. The molecule has 0 amide bonds. The number of hydrogen-bond acceptors (Lipinski definition) is 5. The molecule has 0 aromatic heterocycles. The first-order valence-corrected chi connectivity index (χ1v) is 10.6. The van der Waals surface area contributed by atoms with Gasteiger partial charge in [0.05, 0.1) is 29.6 Å². The van der Waals surface area contributed by atoms with E-state index in [-0.39, 0.29) is 16.1 Å². The standard InChI is InChI=1S/C17H25N3O5S/c21-20(22)15-4-6-16(7-5-15)26(23,24)18-14-17(8-2-1-3-9-17)19-10-12-25-13-11-19/h4-7,18H,1-3,8-14H2/p+1. The normalized spacial score (nSPS) is 21.4. The molecule has 9 heteroatoms. The Morgan fingerprint density at radius 1 is 1.12 bits per heavy atom. The van der Waals surface area contributed by atoms with E-state index in [1.807, 2.05) is 0 Å². The van der Waals surface area contributed by atoms with Crippen LogP contribution in [0.2, 0.25) is 0 Å². The van der Waals surface area contributed by atoms with Crippen LogP contribution in [0.15, 0.2) is 29.2 Å². The topological polar surface area (TPSA) is 103 Å². The van der Waals surface area contributed by atoms with Crippen molar-refractivity contribution in [2.75, 3.05) is 32.8 Å². The number of non-ortho nitro benzene ring substituents is 1. The maximum atomic E-state index is 12.7. The van der Waals surface area contributed by atoms with Gasteiger partial charge in [0, 0.05) is 25.0 Å². The number of ether oxygens (including phenoxy) is 1. The van der Waals surface area contributed by atoms with Crippen molar-refractivity contribution in [1.82, 2.24) is 4.72 Å². The fraction of sp³-hybridized carbons (Fsp3) is 0.647. The van der Waals surface area contributed by atoms with E-state index in [9.17, 15) is 18.5 Å². The smallest absolute Gasteiger partial charge is 0.269 e. The van der Waals surface area contributed by atoms with Crippen LogP contribution in [0, 0.1) is 10.1 Å². The van der Waals surface area contributed by atoms with Crippen LogP contribution in [0.3, 0.4) is 0 Å². The minimum Gasteiger partial charge on any atom is -0.370 e. The summed E-state index contributed by atoms with van der Waals surface area (Å²) in [6.45, 7) is 3.62. The van der Waals surface area contributed by atoms with E-state index in [0.29, 0.717) is 19.8 Å². The number of hydrogen-bond donors (Lipinski definition) is 2. The number of nitro groups is 1. The van der Waals surface area contributed by atoms with Crippen LogP contribution in [0.1, 0.15) is 32.1 Å². The molecule has 1 heterocycles. The summed E-state index contributed by atoms with van der Waals surface area (Å²) in [4.78, 5) is 11.7. The van der Waals surface area contributed by atoms with Crippen molar-refractivity contribution >= 4 is 15.7 Å². The predicted molar refractivity (Wildman–Crippen MR) is 95.6 cm³/mol. The van der Waals surface area contributed by atoms with Gasteiger partial charge >= 0.3 is 0 Å². The highest BCUT2D eigenvalue weighted by Crippen LogP contribution is 2.26. The second kappa shape index (κ2) is 7.99. The number of quaternary nitrogens is 1. The van der Waals surface area contributed by atoms with E-state index >= 15 is 0 Å². The van der Waals surface area contributed by atoms with Gasteiger partial charge in [0.15, 0.2) is 0 Å². The minimum atomic E-state index is -3.70. The van der Waals surface area contributed by atoms with Crippen LogP contribution in [0.25, 0.3) is 0 Å². The van der Waals surface area contributed by atoms with Crippen molar-refractivity contribution in [3.05, 3.63) is 34.4 Å². The van der Waals surface area contributed by atoms with Gasteiger partial charge in [-0.25, -0.2) is 13.1 Å². The maximum absolute atomic E-state index is 12.7. The molecule has 144 valence electrons. The first-order chi connectivity index (χ1) is 12.4. The van der Waals surface area contributed by atoms with Crippen molar-refractivity contribution in [3.63, 3.8) is 0 Å². The van der Waals surface area contributed by atoms with Gasteiger partial charge in [-0.15, -0.1) is 0 Å². The third-order valence-corrected chi connectivity index (χ3v) is 7.03. The van der Waals surface area contributed by atoms with E-state index in [2.05, 4.69) is 4.72 Å². The van der Waals surface area contributed by atoms with Crippen LogP contribution in [-0.2, 0) is 14.8 Å². The van der Waals surface area contributed by atoms with Crippen LogP contribution in [-0.4, -0.2) is 51.7 Å². The molecule has 0 bridgehead atoms. The van der Waals surface area contributed by atoms with E-state index in [0.717, 1.165) is 38.8 Å². The predicted octanol–water partition coefficient (Wildman–Crippen LogP) is 0.491. The number of morpholine rings is 1. The molecule has 1 saturated heterocycles. The second-order valence-corrected chi connectivity index (χ2v) is 8.90. The summed E-state index contributed by atoms with van der Waals surface area (Å²) in [5.74, 6) is 0. The largest absolute Gasteiger partial charge is 0.370 e. The van der Waals surface area contributed by atoms with E-state index < -0.39 is 14.9 Å². The van der Waals surface area contributed by atoms with Gasteiger partial charge in [0.2, 0.25) is 10.0 Å². The molecule has 0 unspecified atom stereocenters. The summed E-state index contributed by atoms with van der Waals surface area (Å²) in [5.41, 5.74) is -0.207. The molecule has 2 aliphatic rings. The Labute approximate surface area is 153 Å². The molecule has 1 aromatic carbocycles. The molecule has 26 heavy (non-hydrogen) atoms. The molecule has 1 aliphatic carbocycles. The zero-order valence-corrected chi connectivity index (χ0v) is 15.6. The Bertz CT molecular complexity index is 723. The van der Waals surface area contributed by atoms with Gasteiger partial charge in [0.25, 0.3) is 5.69 Å². The number of sulfonamides is 1. The van der Waals surface area contributed by atoms with Gasteiger partial charge in [-0.05, 0) is 25.0 Å². The molecule has 0 atom stereocenters. The zero-order valence-electron chi connectivity index (χ0n) is 14.8. The minimum absolute atomic E-state index is 0.0611. The third-order valence-electron chi connectivity index (χ3n) is 5.62. The number of rotatable bonds is 6. The molecule has 3 rings (SSSR count). The SMILES string of the molecule is O=[N+]([O-])c1ccc(S(=O)(=O)NCC2([NH+]3CCOCC3)CCCCC2)cc1. The van der Waals surface area contributed by atoms with Gasteiger partial charge in [0.1, 0.15) is 18.6 Å². The highest BCUT2D eigenvalue weighted by atomic mass is 32.2. The average molecular weight is 384 g/mol. The highest BCUT2D eigenvalue weighted by molar-refractivity contribution is 7.89. The quantitative estimate of drug-likeness (QED) is 0.549. The molecular weight excluding hydrogens is 358 g/mol. The lowest BCUT2D eigenvalue weighted by atomic mass is 9.80. The van der Waals surface area contributed by atoms with Crippen molar-refractivity contribution in [1.29, 1.82) is 0 Å². The summed E-state index contributed by atoms with van der Waals surface area (Å²) in [6, 6.07) is 5.02. The molecule has 2 fully saturated rings. The molecular formula is C17H26N3O5S+. The molecule has 1 aliphatic heterocycles. The van der Waals surface area contributed by atoms with Gasteiger partial charge < -0.3 is 9.64 Å². The van der Waals surface area contributed by atoms with Crippen LogP contribution in [0.4, 0.5) is 5.69 Å². The molecule has 0 radical (unpaired) electrons. The highest BCUT2D eigenvalue weighted by Gasteiger charge is 2.43. The fourth-order valence-corrected chi connectivity index (χ4v) is 5.22. The van der Waals surface area contributed by atoms with Crippen molar-refractivity contribution in [2.45, 2.75) is 42.5 Å². The van der Waals surface area contributed by atoms with Gasteiger partial charge in [-0.1, -0.05) is 6.42 Å². The summed E-state index contributed by atoms with van der Waals surface area (Å²) in [6.07, 6.45) is 5.43. The number of nitrogens with zero attached hydrogens (tertiary/aromatic N) is 1. The van der Waals surface area contributed by atoms with E-state index in [1.54, 1.807) is 0 Å². The molecule has 2 N–H and O–H groups in total. The molecule has 0 spiro atoms. The Hall–Kier alpha value is -1.55. The van der Waals surface area contributed by atoms with Crippen LogP contribution in [0.5, 0.6) is 0 Å². The lowest BCUT2D eigenvalue weighted by Crippen LogP contribution is -3.23. The average Bonchev–Trinajstić information content (AvgIpc) is 2.68. The summed E-state index contributed by atoms with van der Waals surface area (Å²) < 4.78 is 33.6. The van der Waals surface area contributed by atoms with Gasteiger partial charge in [-0.3, -0.25) is 10.1 Å². The summed E-state index contributed by atoms with van der Waals surface area (Å²) in [7, 11) is -3.70. The lowest BCUT2D eigenvalue weighted by Gasteiger charge is -2.44. The number of nitro benzene ring substituents is 1. The Kier molecular flexibility index (Phi) is 5.91. The fourth-order valence-electron chi connectivity index (χ4n) is 4.10. The van der Waals surface area contributed by atoms with Crippen molar-refractivity contribution < 1.29 is 23.0 Å². The summed E-state index contributed by atoms with van der Waals surface area (Å²) in [5, 5.41) is 10.7. The Morgan fingerprint density at radius 2 is 1.73 bits per heavy atom. The van der Waals surface area contributed by atoms with Crippen LogP contribution < -0.4 is 9.62 Å². The van der Waals surface area contributed by atoms with Gasteiger partial charge in [-0.2, -0.15) is 0 Å². The van der Waals surface area contributed by atoms with E-state index in [4.69, 9.17) is 4.74 Å². The maximum Gasteiger partial charge on any atom is 0.269 e. The van der Waals surface area contributed by atoms with Crippen LogP contribution >= 0.6 is 0 Å². The first-order valence-electron chi connectivity index (χ1n) is 9.10. The first kappa shape index (κ1) is 19.2. The number of nitrogens with one attached hydrogen (secondary N) is 2. The number of benzene rings is 1. The Morgan fingerprint density at radius 3 is 2.31 bits per heavy atom. The molecule has 8 nitrogen and oxygen atoms in total. The molecule has 1 aromatic rings. The molecule has 1 saturated carbocycles. The van der Waals surface area contributed by atoms with E-state index in [1.165, 1.54) is 35.6 Å². The zero-order chi connectivity index (χ0) is 18.6.